The Morgan fingerprint density at radius 3 is 2.50 bits per heavy atom. The van der Waals surface area contributed by atoms with E-state index in [1.54, 1.807) is 0 Å². The fraction of sp³-hybridized carbons (Fsp3) is 0. The number of hydrogen-bond acceptors (Lipinski definition) is 3. The third-order valence-electron chi connectivity index (χ3n) is 0.146. The lowest BCUT2D eigenvalue weighted by atomic mass is 11.3. The van der Waals surface area contributed by atoms with Gasteiger partial charge in [-0.1, -0.05) is 0 Å². The molecule has 0 aromatic heterocycles. The fourth-order valence-corrected chi connectivity index (χ4v) is 0.135. The molecule has 1 amide bonds. The van der Waals surface area contributed by atoms with Crippen molar-refractivity contribution >= 4 is 16.1 Å². The second kappa shape index (κ2) is 2.67. The van der Waals surface area contributed by atoms with Crippen LogP contribution in [0.25, 0.3) is 0 Å². The number of amides is 1. The predicted octanol–water partition coefficient (Wildman–Crippen LogP) is -1.39. The molecule has 0 bridgehead atoms. The molecule has 0 aliphatic heterocycles. The van der Waals surface area contributed by atoms with Crippen LogP contribution >= 0.6 is 0 Å². The lowest BCUT2D eigenvalue weighted by Gasteiger charge is -1.85. The van der Waals surface area contributed by atoms with Crippen LogP contribution in [-0.2, 0) is 4.43 Å². The quantitative estimate of drug-likeness (QED) is 0.403. The summed E-state index contributed by atoms with van der Waals surface area (Å²) in [6.07, 6.45) is -0.948. The van der Waals surface area contributed by atoms with Crippen molar-refractivity contribution in [3.8, 4) is 0 Å². The highest BCUT2D eigenvalue weighted by Crippen LogP contribution is 1.59. The van der Waals surface area contributed by atoms with Gasteiger partial charge >= 0.3 is 16.1 Å². The predicted molar refractivity (Wildman–Crippen MR) is 18.6 cm³/mol. The molecule has 0 aromatic carbocycles. The van der Waals surface area contributed by atoms with Gasteiger partial charge in [0.05, 0.1) is 0 Å². The Morgan fingerprint density at radius 2 is 2.50 bits per heavy atom. The first-order valence-electron chi connectivity index (χ1n) is 1.12. The monoisotopic (exact) mass is 105 g/mol. The van der Waals surface area contributed by atoms with Crippen molar-refractivity contribution in [3.63, 3.8) is 0 Å². The Labute approximate surface area is 37.0 Å². The van der Waals surface area contributed by atoms with Gasteiger partial charge in [-0.2, -0.15) is 0 Å². The summed E-state index contributed by atoms with van der Waals surface area (Å²) in [7, 11) is -0.836. The van der Waals surface area contributed by atoms with Gasteiger partial charge in [0.15, 0.2) is 0 Å². The minimum atomic E-state index is -0.948. The maximum absolute atomic E-state index is 9.45. The number of carbonyl (C=O) groups is 1. The average molecular weight is 105 g/mol. The van der Waals surface area contributed by atoms with Crippen LogP contribution in [0.1, 0.15) is 0 Å². The second-order valence-electron chi connectivity index (χ2n) is 0.512. The number of nitrogens with two attached hydrogens (primary N) is 1. The first-order valence-corrected chi connectivity index (χ1v) is 1.98. The largest absolute Gasteiger partial charge is 0.521 e. The van der Waals surface area contributed by atoms with E-state index in [0.29, 0.717) is 0 Å². The Kier molecular flexibility index (Phi) is 2.43. The van der Waals surface area contributed by atoms with Crippen LogP contribution in [0, 0.1) is 0 Å². The van der Waals surface area contributed by atoms with E-state index >= 15 is 0 Å². The molecule has 0 atom stereocenters. The molecular formula is CH3NO3Si. The molecule has 6 heavy (non-hydrogen) atoms. The van der Waals surface area contributed by atoms with Crippen molar-refractivity contribution in [1.82, 2.24) is 0 Å². The zero-order chi connectivity index (χ0) is 4.99. The van der Waals surface area contributed by atoms with Crippen molar-refractivity contribution in [3.05, 3.63) is 0 Å². The topological polar surface area (TPSA) is 72.6 Å². The van der Waals surface area contributed by atoms with Crippen molar-refractivity contribution in [1.29, 1.82) is 0 Å². The van der Waals surface area contributed by atoms with Gasteiger partial charge in [0.2, 0.25) is 0 Å². The average Bonchev–Trinajstić information content (AvgIpc) is 1.35. The van der Waals surface area contributed by atoms with Gasteiger partial charge in [0.25, 0.3) is 0 Å². The van der Waals surface area contributed by atoms with Crippen LogP contribution in [0.2, 0.25) is 0 Å². The molecule has 5 heteroatoms. The van der Waals surface area contributed by atoms with Gasteiger partial charge < -0.3 is 15.0 Å². The minimum Gasteiger partial charge on any atom is -0.474 e. The van der Waals surface area contributed by atoms with Gasteiger partial charge in [0, 0.05) is 0 Å². The summed E-state index contributed by atoms with van der Waals surface area (Å²) in [5.41, 5.74) is 4.39. The zero-order valence-electron chi connectivity index (χ0n) is 2.84. The highest BCUT2D eigenvalue weighted by atomic mass is 28.2. The minimum absolute atomic E-state index is 0.836. The Morgan fingerprint density at radius 1 is 2.00 bits per heavy atom. The molecule has 0 saturated heterocycles. The van der Waals surface area contributed by atoms with E-state index < -0.39 is 16.1 Å². The van der Waals surface area contributed by atoms with Crippen molar-refractivity contribution in [2.24, 2.45) is 5.73 Å². The number of rotatable bonds is 1. The summed E-state index contributed by atoms with van der Waals surface area (Å²) in [6.45, 7) is 0. The van der Waals surface area contributed by atoms with Crippen LogP contribution in [0.3, 0.4) is 0 Å². The molecule has 0 fully saturated rings. The Hall–Kier alpha value is -0.553. The molecule has 0 aliphatic rings. The molecular weight excluding hydrogens is 102 g/mol. The first-order chi connectivity index (χ1) is 2.77. The summed E-state index contributed by atoms with van der Waals surface area (Å²) < 4.78 is 3.76. The van der Waals surface area contributed by atoms with E-state index in [0.717, 1.165) is 0 Å². The number of carbonyl (C=O) groups excluding carboxylic acids is 1. The molecule has 4 nitrogen and oxygen atoms in total. The van der Waals surface area contributed by atoms with Gasteiger partial charge in [-0.3, -0.25) is 0 Å². The molecule has 0 heterocycles. The smallest absolute Gasteiger partial charge is 0.474 e. The van der Waals surface area contributed by atoms with E-state index in [-0.39, 0.29) is 0 Å². The van der Waals surface area contributed by atoms with E-state index in [9.17, 15) is 4.79 Å². The van der Waals surface area contributed by atoms with Gasteiger partial charge in [0.1, 0.15) is 0 Å². The normalized spacial score (nSPS) is 7.50. The summed E-state index contributed by atoms with van der Waals surface area (Å²) >= 11 is 0. The summed E-state index contributed by atoms with van der Waals surface area (Å²) in [4.78, 5) is 17.2. The molecule has 3 N–H and O–H groups in total. The van der Waals surface area contributed by atoms with E-state index in [4.69, 9.17) is 4.80 Å². The Balaban J connectivity index is 2.83. The van der Waals surface area contributed by atoms with E-state index in [1.807, 2.05) is 0 Å². The standard InChI is InChI=1S/CH3NO3Si/c2-1(3)5-6-4/h4H,(H2,2,3). The number of hydrogen-bond donors (Lipinski definition) is 2. The van der Waals surface area contributed by atoms with Gasteiger partial charge in [-0.15, -0.1) is 0 Å². The summed E-state index contributed by atoms with van der Waals surface area (Å²) in [5.74, 6) is 0. The maximum atomic E-state index is 9.45. The lowest BCUT2D eigenvalue weighted by molar-refractivity contribution is 0.206. The summed E-state index contributed by atoms with van der Waals surface area (Å²) in [5, 5.41) is 0. The fourth-order valence-electron chi connectivity index (χ4n) is 0.0450. The highest BCUT2D eigenvalue weighted by molar-refractivity contribution is 6.20. The first kappa shape index (κ1) is 5.45. The van der Waals surface area contributed by atoms with Crippen molar-refractivity contribution in [2.75, 3.05) is 0 Å². The Bertz CT molecular complexity index is 54.8. The van der Waals surface area contributed by atoms with Gasteiger partial charge in [-0.05, 0) is 0 Å². The highest BCUT2D eigenvalue weighted by Gasteiger charge is 1.88. The maximum Gasteiger partial charge on any atom is 0.521 e. The third kappa shape index (κ3) is 3.45. The van der Waals surface area contributed by atoms with Crippen LogP contribution in [0.5, 0.6) is 0 Å². The van der Waals surface area contributed by atoms with Crippen LogP contribution in [0.15, 0.2) is 0 Å². The molecule has 0 unspecified atom stereocenters. The van der Waals surface area contributed by atoms with Crippen LogP contribution in [0.4, 0.5) is 4.79 Å². The molecule has 2 radical (unpaired) electrons. The zero-order valence-corrected chi connectivity index (χ0v) is 3.84. The van der Waals surface area contributed by atoms with E-state index in [2.05, 4.69) is 10.2 Å². The molecule has 0 rings (SSSR count). The third-order valence-corrected chi connectivity index (χ3v) is 0.439. The molecule has 0 aliphatic carbocycles. The van der Waals surface area contributed by atoms with Crippen LogP contribution in [-0.4, -0.2) is 20.9 Å². The van der Waals surface area contributed by atoms with Crippen molar-refractivity contribution in [2.45, 2.75) is 0 Å². The number of primary amides is 1. The molecule has 34 valence electrons. The molecule has 0 aromatic rings. The van der Waals surface area contributed by atoms with Gasteiger partial charge in [-0.25, -0.2) is 4.79 Å². The molecule has 0 saturated carbocycles. The molecule has 0 spiro atoms. The van der Waals surface area contributed by atoms with Crippen molar-refractivity contribution < 1.29 is 14.0 Å². The van der Waals surface area contributed by atoms with E-state index in [1.165, 1.54) is 0 Å². The summed E-state index contributed by atoms with van der Waals surface area (Å²) in [6, 6.07) is 0. The van der Waals surface area contributed by atoms with Crippen LogP contribution < -0.4 is 5.73 Å². The lowest BCUT2D eigenvalue weighted by Crippen LogP contribution is -2.15. The second-order valence-corrected chi connectivity index (χ2v) is 0.899. The SMILES string of the molecule is NC(=O)O[Si]O.